The summed E-state index contributed by atoms with van der Waals surface area (Å²) >= 11 is 0. The van der Waals surface area contributed by atoms with Gasteiger partial charge in [0.1, 0.15) is 12.1 Å². The molecule has 11 nitrogen and oxygen atoms in total. The number of carbonyl (C=O) groups is 1. The number of hydrogen-bond donors (Lipinski definition) is 1. The molecule has 0 aromatic carbocycles. The number of aryl methyl sites for hydroxylation is 1. The van der Waals surface area contributed by atoms with Gasteiger partial charge in [0.15, 0.2) is 11.5 Å². The van der Waals surface area contributed by atoms with Gasteiger partial charge in [0, 0.05) is 18.2 Å². The van der Waals surface area contributed by atoms with Crippen LogP contribution in [0.5, 0.6) is 0 Å². The smallest absolute Gasteiger partial charge is 0.464 e. The Bertz CT molecular complexity index is 1010. The summed E-state index contributed by atoms with van der Waals surface area (Å²) in [6, 6.07) is 0. The van der Waals surface area contributed by atoms with Gasteiger partial charge in [-0.15, -0.1) is 9.05 Å². The predicted octanol–water partition coefficient (Wildman–Crippen LogP) is 5.11. The highest BCUT2D eigenvalue weighted by atomic mass is 31.1. The molecular weight excluding hydrogens is 504 g/mol. The van der Waals surface area contributed by atoms with Crippen molar-refractivity contribution in [1.82, 2.24) is 19.5 Å². The third-order valence-electron chi connectivity index (χ3n) is 6.13. The molecule has 2 N–H and O–H groups in total. The summed E-state index contributed by atoms with van der Waals surface area (Å²) in [5.74, 6) is -0.622. The maximum atomic E-state index is 13.6. The Morgan fingerprint density at radius 3 is 2.54 bits per heavy atom. The fraction of sp³-hybridized carbons (Fsp3) is 0.750. The Morgan fingerprint density at radius 2 is 1.86 bits per heavy atom. The number of hydrogen-bond acceptors (Lipinski definition) is 10. The van der Waals surface area contributed by atoms with Gasteiger partial charge in [-0.25, -0.2) is 9.78 Å². The fourth-order valence-electron chi connectivity index (χ4n) is 3.61. The Kier molecular flexibility index (Phi) is 13.3. The Morgan fingerprint density at radius 1 is 1.19 bits per heavy atom. The summed E-state index contributed by atoms with van der Waals surface area (Å²) in [5.41, 5.74) is 5.40. The molecule has 0 bridgehead atoms. The normalized spacial score (nSPS) is 14.5. The van der Waals surface area contributed by atoms with Crippen LogP contribution in [0.2, 0.25) is 0 Å². The Hall–Kier alpha value is -2.27. The summed E-state index contributed by atoms with van der Waals surface area (Å²) in [5, 5.41) is 0. The Balaban J connectivity index is 1.70. The number of carbonyl (C=O) groups excluding carboxylic acids is 1. The number of halogens is 1. The topological polar surface area (TPSA) is 141 Å². The van der Waals surface area contributed by atoms with Crippen molar-refractivity contribution >= 4 is 31.2 Å². The average molecular weight is 545 g/mol. The van der Waals surface area contributed by atoms with Gasteiger partial charge in [0.25, 0.3) is 0 Å². The van der Waals surface area contributed by atoms with Crippen molar-refractivity contribution in [3.05, 3.63) is 12.4 Å². The van der Waals surface area contributed by atoms with Crippen LogP contribution in [-0.2, 0) is 34.4 Å². The highest BCUT2D eigenvalue weighted by Crippen LogP contribution is 2.30. The zero-order chi connectivity index (χ0) is 27.3. The average Bonchev–Trinajstić information content (AvgIpc) is 3.28. The van der Waals surface area contributed by atoms with E-state index in [-0.39, 0.29) is 18.1 Å². The van der Waals surface area contributed by atoms with Crippen LogP contribution in [0.3, 0.4) is 0 Å². The molecule has 0 aliphatic carbocycles. The number of aromatic nitrogens is 4. The maximum Gasteiger partial charge on any atom is 0.698 e. The van der Waals surface area contributed by atoms with Crippen LogP contribution in [0.15, 0.2) is 6.33 Å². The minimum absolute atomic E-state index is 0.0429. The van der Waals surface area contributed by atoms with Crippen LogP contribution in [0.25, 0.3) is 11.2 Å². The molecular formula is C24H40FN5O6P+. The number of nitrogens with zero attached hydrogens (tertiary/aromatic N) is 4. The van der Waals surface area contributed by atoms with E-state index in [2.05, 4.69) is 21.9 Å². The van der Waals surface area contributed by atoms with Gasteiger partial charge < -0.3 is 19.8 Å². The van der Waals surface area contributed by atoms with E-state index in [4.69, 9.17) is 24.3 Å². The van der Waals surface area contributed by atoms with Crippen molar-refractivity contribution in [1.29, 1.82) is 0 Å². The second-order valence-corrected chi connectivity index (χ2v) is 10.2. The molecule has 0 fully saturated rings. The third kappa shape index (κ3) is 10.6. The summed E-state index contributed by atoms with van der Waals surface area (Å²) < 4.78 is 48.8. The zero-order valence-electron chi connectivity index (χ0n) is 22.3. The van der Waals surface area contributed by atoms with Crippen molar-refractivity contribution in [3.8, 4) is 0 Å². The number of nitrogens with two attached hydrogens (primary N) is 1. The lowest BCUT2D eigenvalue weighted by Crippen LogP contribution is -2.34. The molecule has 0 saturated carbocycles. The van der Waals surface area contributed by atoms with Crippen LogP contribution >= 0.6 is 8.25 Å². The summed E-state index contributed by atoms with van der Waals surface area (Å²) in [6.45, 7) is 6.02. The van der Waals surface area contributed by atoms with Gasteiger partial charge in [-0.2, -0.15) is 14.4 Å². The summed E-state index contributed by atoms with van der Waals surface area (Å²) in [4.78, 5) is 23.5. The minimum Gasteiger partial charge on any atom is -0.464 e. The van der Waals surface area contributed by atoms with Gasteiger partial charge in [0.05, 0.1) is 18.5 Å². The molecule has 2 aromatic heterocycles. The van der Waals surface area contributed by atoms with E-state index in [9.17, 15) is 13.8 Å². The van der Waals surface area contributed by atoms with Gasteiger partial charge in [-0.05, 0) is 26.7 Å². The van der Waals surface area contributed by atoms with E-state index >= 15 is 0 Å². The highest BCUT2D eigenvalue weighted by Gasteiger charge is 2.35. The van der Waals surface area contributed by atoms with E-state index in [0.717, 1.165) is 19.3 Å². The first-order valence-corrected chi connectivity index (χ1v) is 13.9. The number of methoxy groups -OCH3 is 1. The van der Waals surface area contributed by atoms with Gasteiger partial charge in [0.2, 0.25) is 6.10 Å². The molecule has 3 atom stereocenters. The van der Waals surface area contributed by atoms with Crippen LogP contribution in [0.1, 0.15) is 78.6 Å². The van der Waals surface area contributed by atoms with Crippen LogP contribution in [0, 0.1) is 6.08 Å². The molecule has 0 saturated heterocycles. The molecule has 208 valence electrons. The molecule has 13 heteroatoms. The first kappa shape index (κ1) is 31.0. The van der Waals surface area contributed by atoms with E-state index in [1.807, 2.05) is 0 Å². The van der Waals surface area contributed by atoms with E-state index in [0.29, 0.717) is 25.1 Å². The number of ether oxygens (including phenoxy) is 2. The lowest BCUT2D eigenvalue weighted by molar-refractivity contribution is -0.151. The summed E-state index contributed by atoms with van der Waals surface area (Å²) in [6.07, 6.45) is 9.07. The number of unbranched alkanes of at least 4 members (excludes halogenated alkanes) is 7. The molecule has 2 aromatic rings. The second kappa shape index (κ2) is 15.9. The van der Waals surface area contributed by atoms with Crippen LogP contribution in [-0.4, -0.2) is 57.5 Å². The minimum atomic E-state index is -2.58. The van der Waals surface area contributed by atoms with E-state index < -0.39 is 32.0 Å². The molecule has 2 heterocycles. The van der Waals surface area contributed by atoms with E-state index in [1.54, 1.807) is 11.5 Å². The third-order valence-corrected chi connectivity index (χ3v) is 6.96. The Labute approximate surface area is 218 Å². The largest absolute Gasteiger partial charge is 0.698 e. The molecule has 0 radical (unpaired) electrons. The number of fused-ring (bicyclic) bond motifs is 1. The second-order valence-electron chi connectivity index (χ2n) is 9.28. The first-order chi connectivity index (χ1) is 17.7. The van der Waals surface area contributed by atoms with E-state index in [1.165, 1.54) is 52.5 Å². The quantitative estimate of drug-likeness (QED) is 0.110. The SMILES string of the molecule is CCCCCCCCCCOC(=O)[C@H](C)O[P+](=O)OC[C@](C)(CCn1cnc2c(N)nc(F)nc21)OC. The molecule has 0 aliphatic rings. The standard InChI is InChI=1S/C24H40FN5O6P/c1-5-6-7-8-9-10-11-12-15-34-22(31)18(2)36-37(32)35-16-24(3,33-4)13-14-30-17-27-19-20(26)28-23(25)29-21(19)30/h17-18H,5-16H2,1-4H3,(H2,26,28,29)/q+1/t18-,24-/m0/s1. The molecule has 0 amide bonds. The zero-order valence-corrected chi connectivity index (χ0v) is 23.2. The number of rotatable bonds is 19. The number of imidazole rings is 1. The van der Waals surface area contributed by atoms with Gasteiger partial charge in [-0.3, -0.25) is 0 Å². The summed E-state index contributed by atoms with van der Waals surface area (Å²) in [7, 11) is -1.09. The molecule has 1 unspecified atom stereocenters. The van der Waals surface area contributed by atoms with Gasteiger partial charge in [-0.1, -0.05) is 51.9 Å². The number of anilines is 1. The first-order valence-electron chi connectivity index (χ1n) is 12.8. The van der Waals surface area contributed by atoms with Crippen LogP contribution in [0.4, 0.5) is 10.2 Å². The maximum absolute atomic E-state index is 13.6. The molecule has 0 aliphatic heterocycles. The van der Waals surface area contributed by atoms with Gasteiger partial charge >= 0.3 is 20.3 Å². The highest BCUT2D eigenvalue weighted by molar-refractivity contribution is 7.33. The predicted molar refractivity (Wildman–Crippen MR) is 137 cm³/mol. The fourth-order valence-corrected chi connectivity index (χ4v) is 4.39. The molecule has 2 rings (SSSR count). The van der Waals surface area contributed by atoms with Crippen molar-refractivity contribution in [2.45, 2.75) is 96.8 Å². The molecule has 37 heavy (non-hydrogen) atoms. The van der Waals surface area contributed by atoms with Crippen molar-refractivity contribution in [2.75, 3.05) is 26.1 Å². The lowest BCUT2D eigenvalue weighted by atomic mass is 10.0. The van der Waals surface area contributed by atoms with Crippen molar-refractivity contribution in [3.63, 3.8) is 0 Å². The monoisotopic (exact) mass is 544 g/mol. The van der Waals surface area contributed by atoms with Crippen molar-refractivity contribution in [2.24, 2.45) is 0 Å². The number of esters is 1. The number of nitrogen functional groups attached to an aromatic ring is 1. The van der Waals surface area contributed by atoms with Crippen LogP contribution < -0.4 is 5.73 Å². The van der Waals surface area contributed by atoms with Crippen molar-refractivity contribution < 1.29 is 32.3 Å². The lowest BCUT2D eigenvalue weighted by Gasteiger charge is -2.25. The molecule has 0 spiro atoms.